The standard InChI is InChI=1S/C19H22N6OS2/c1-24(2)17-22-18(28-23-17)25-8-4-19(5-9-25)16-13(3-10-26-19)11-15(27-16)14-12-20-6-7-21-14/h6-7,11-12H,3-5,8-10H2,1-2H3. The number of nitrogens with zero attached hydrogens (tertiary/aromatic N) is 6. The van der Waals surface area contributed by atoms with Crippen molar-refractivity contribution in [3.8, 4) is 10.6 Å². The van der Waals surface area contributed by atoms with Crippen molar-refractivity contribution in [2.75, 3.05) is 43.6 Å². The van der Waals surface area contributed by atoms with Gasteiger partial charge in [-0.3, -0.25) is 9.97 Å². The van der Waals surface area contributed by atoms with Gasteiger partial charge in [-0.25, -0.2) is 0 Å². The van der Waals surface area contributed by atoms with Gasteiger partial charge < -0.3 is 14.5 Å². The Kier molecular flexibility index (Phi) is 4.53. The van der Waals surface area contributed by atoms with Gasteiger partial charge in [-0.15, -0.1) is 11.3 Å². The Bertz CT molecular complexity index is 962. The van der Waals surface area contributed by atoms with E-state index in [0.717, 1.165) is 55.7 Å². The Morgan fingerprint density at radius 3 is 2.79 bits per heavy atom. The smallest absolute Gasteiger partial charge is 0.238 e. The van der Waals surface area contributed by atoms with Crippen molar-refractivity contribution in [1.82, 2.24) is 19.3 Å². The Morgan fingerprint density at radius 2 is 2.07 bits per heavy atom. The molecule has 28 heavy (non-hydrogen) atoms. The number of hydrogen-bond acceptors (Lipinski definition) is 9. The van der Waals surface area contributed by atoms with Crippen LogP contribution in [0.4, 0.5) is 11.1 Å². The summed E-state index contributed by atoms with van der Waals surface area (Å²) in [6, 6.07) is 2.29. The highest BCUT2D eigenvalue weighted by Crippen LogP contribution is 2.47. The van der Waals surface area contributed by atoms with E-state index < -0.39 is 0 Å². The second kappa shape index (κ2) is 7.06. The summed E-state index contributed by atoms with van der Waals surface area (Å²) in [5, 5.41) is 1.00. The van der Waals surface area contributed by atoms with Crippen molar-refractivity contribution in [3.63, 3.8) is 0 Å². The van der Waals surface area contributed by atoms with Gasteiger partial charge in [0.05, 0.1) is 23.4 Å². The van der Waals surface area contributed by atoms with Gasteiger partial charge in [0.2, 0.25) is 11.1 Å². The van der Waals surface area contributed by atoms with Gasteiger partial charge in [0.1, 0.15) is 5.60 Å². The minimum atomic E-state index is -0.176. The molecular formula is C19H22N6OS2. The first-order chi connectivity index (χ1) is 13.6. The lowest BCUT2D eigenvalue weighted by molar-refractivity contribution is -0.0735. The van der Waals surface area contributed by atoms with Gasteiger partial charge in [-0.1, -0.05) is 0 Å². The largest absolute Gasteiger partial charge is 0.369 e. The molecule has 3 aromatic rings. The third-order valence-electron chi connectivity index (χ3n) is 5.43. The van der Waals surface area contributed by atoms with Crippen LogP contribution in [0.3, 0.4) is 0 Å². The predicted molar refractivity (Wildman–Crippen MR) is 112 cm³/mol. The van der Waals surface area contributed by atoms with Crippen LogP contribution in [0.5, 0.6) is 0 Å². The number of aromatic nitrogens is 4. The highest BCUT2D eigenvalue weighted by Gasteiger charge is 2.43. The molecular weight excluding hydrogens is 392 g/mol. The number of anilines is 2. The molecule has 7 nitrogen and oxygen atoms in total. The summed E-state index contributed by atoms with van der Waals surface area (Å²) in [5.74, 6) is 0.781. The summed E-state index contributed by atoms with van der Waals surface area (Å²) in [6.07, 6.45) is 8.22. The molecule has 2 aliphatic heterocycles. The summed E-state index contributed by atoms with van der Waals surface area (Å²) >= 11 is 3.30. The molecule has 5 heterocycles. The first-order valence-corrected chi connectivity index (χ1v) is 11.0. The van der Waals surface area contributed by atoms with Gasteiger partial charge in [0, 0.05) is 56.0 Å². The van der Waals surface area contributed by atoms with Crippen LogP contribution in [-0.4, -0.2) is 53.1 Å². The van der Waals surface area contributed by atoms with Gasteiger partial charge in [-0.05, 0) is 30.9 Å². The first kappa shape index (κ1) is 18.0. The monoisotopic (exact) mass is 414 g/mol. The van der Waals surface area contributed by atoms with Crippen LogP contribution >= 0.6 is 22.9 Å². The Hall–Kier alpha value is -2.10. The molecule has 9 heteroatoms. The fourth-order valence-corrected chi connectivity index (χ4v) is 6.08. The van der Waals surface area contributed by atoms with Crippen LogP contribution in [0.15, 0.2) is 24.7 Å². The van der Waals surface area contributed by atoms with Crippen molar-refractivity contribution in [2.45, 2.75) is 24.9 Å². The third kappa shape index (κ3) is 3.07. The molecule has 0 atom stereocenters. The molecule has 1 fully saturated rings. The number of fused-ring (bicyclic) bond motifs is 2. The number of hydrogen-bond donors (Lipinski definition) is 0. The molecule has 0 aliphatic carbocycles. The molecule has 3 aromatic heterocycles. The normalized spacial score (nSPS) is 18.3. The summed E-state index contributed by atoms with van der Waals surface area (Å²) in [7, 11) is 3.94. The molecule has 0 bridgehead atoms. The number of rotatable bonds is 3. The quantitative estimate of drug-likeness (QED) is 0.652. The molecule has 146 valence electrons. The lowest BCUT2D eigenvalue weighted by Crippen LogP contribution is -2.46. The molecule has 1 spiro atoms. The van der Waals surface area contributed by atoms with Crippen LogP contribution in [0, 0.1) is 0 Å². The van der Waals surface area contributed by atoms with Crippen LogP contribution in [-0.2, 0) is 16.8 Å². The SMILES string of the molecule is CN(C)c1nsc(N2CCC3(CC2)OCCc2cc(-c4cnccn4)sc23)n1. The van der Waals surface area contributed by atoms with E-state index in [2.05, 4.69) is 30.3 Å². The zero-order valence-corrected chi connectivity index (χ0v) is 17.6. The second-order valence-electron chi connectivity index (χ2n) is 7.41. The summed E-state index contributed by atoms with van der Waals surface area (Å²) in [5.41, 5.74) is 2.18. The van der Waals surface area contributed by atoms with E-state index in [0.29, 0.717) is 0 Å². The third-order valence-corrected chi connectivity index (χ3v) is 7.59. The fourth-order valence-electron chi connectivity index (χ4n) is 3.92. The van der Waals surface area contributed by atoms with E-state index in [-0.39, 0.29) is 5.60 Å². The highest BCUT2D eigenvalue weighted by molar-refractivity contribution is 7.15. The maximum absolute atomic E-state index is 6.42. The van der Waals surface area contributed by atoms with Crippen LogP contribution < -0.4 is 9.80 Å². The number of piperidine rings is 1. The maximum atomic E-state index is 6.42. The van der Waals surface area contributed by atoms with E-state index in [1.165, 1.54) is 26.9 Å². The van der Waals surface area contributed by atoms with Crippen molar-refractivity contribution in [3.05, 3.63) is 35.1 Å². The molecule has 5 rings (SSSR count). The van der Waals surface area contributed by atoms with Crippen LogP contribution in [0.1, 0.15) is 23.3 Å². The average Bonchev–Trinajstić information content (AvgIpc) is 3.38. The number of ether oxygens (including phenoxy) is 1. The Morgan fingerprint density at radius 1 is 1.21 bits per heavy atom. The van der Waals surface area contributed by atoms with Gasteiger partial charge in [-0.2, -0.15) is 9.36 Å². The molecule has 0 amide bonds. The lowest BCUT2D eigenvalue weighted by atomic mass is 9.85. The van der Waals surface area contributed by atoms with Crippen LogP contribution in [0.2, 0.25) is 0 Å². The van der Waals surface area contributed by atoms with E-state index >= 15 is 0 Å². The summed E-state index contributed by atoms with van der Waals surface area (Å²) < 4.78 is 10.9. The molecule has 0 aromatic carbocycles. The molecule has 0 saturated carbocycles. The topological polar surface area (TPSA) is 67.3 Å². The van der Waals surface area contributed by atoms with Gasteiger partial charge >= 0.3 is 0 Å². The molecule has 0 radical (unpaired) electrons. The van der Waals surface area contributed by atoms with Crippen molar-refractivity contribution < 1.29 is 4.74 Å². The summed E-state index contributed by atoms with van der Waals surface area (Å²) in [6.45, 7) is 2.65. The fraction of sp³-hybridized carbons (Fsp3) is 0.474. The van der Waals surface area contributed by atoms with Crippen LogP contribution in [0.25, 0.3) is 10.6 Å². The van der Waals surface area contributed by atoms with Crippen molar-refractivity contribution in [1.29, 1.82) is 0 Å². The minimum Gasteiger partial charge on any atom is -0.369 e. The summed E-state index contributed by atoms with van der Waals surface area (Å²) in [4.78, 5) is 20.2. The predicted octanol–water partition coefficient (Wildman–Crippen LogP) is 3.19. The van der Waals surface area contributed by atoms with Crippen molar-refractivity contribution >= 4 is 33.9 Å². The maximum Gasteiger partial charge on any atom is 0.238 e. The first-order valence-electron chi connectivity index (χ1n) is 9.44. The van der Waals surface area contributed by atoms with E-state index in [9.17, 15) is 0 Å². The average molecular weight is 415 g/mol. The Balaban J connectivity index is 1.38. The second-order valence-corrected chi connectivity index (χ2v) is 9.19. The zero-order chi connectivity index (χ0) is 19.1. The number of thiophene rings is 1. The molecule has 0 N–H and O–H groups in total. The van der Waals surface area contributed by atoms with Gasteiger partial charge in [0.15, 0.2) is 0 Å². The highest BCUT2D eigenvalue weighted by atomic mass is 32.1. The lowest BCUT2D eigenvalue weighted by Gasteiger charge is -2.43. The zero-order valence-electron chi connectivity index (χ0n) is 16.0. The van der Waals surface area contributed by atoms with Gasteiger partial charge in [0.25, 0.3) is 0 Å². The van der Waals surface area contributed by atoms with E-state index in [1.54, 1.807) is 12.4 Å². The molecule has 0 unspecified atom stereocenters. The van der Waals surface area contributed by atoms with E-state index in [1.807, 2.05) is 36.5 Å². The molecule has 2 aliphatic rings. The Labute approximate surface area is 172 Å². The molecule has 1 saturated heterocycles. The van der Waals surface area contributed by atoms with E-state index in [4.69, 9.17) is 4.74 Å². The van der Waals surface area contributed by atoms with Crippen molar-refractivity contribution in [2.24, 2.45) is 0 Å². The minimum absolute atomic E-state index is 0.176.